The van der Waals surface area contributed by atoms with Gasteiger partial charge in [-0.2, -0.15) is 21.0 Å². The van der Waals surface area contributed by atoms with Crippen LogP contribution in [0.25, 0.3) is 0 Å². The van der Waals surface area contributed by atoms with E-state index in [9.17, 15) is 14.9 Å². The van der Waals surface area contributed by atoms with Gasteiger partial charge in [-0.25, -0.2) is 9.59 Å². The second-order valence-corrected chi connectivity index (χ2v) is 21.4. The number of halogens is 1. The molecule has 0 aliphatic heterocycles. The minimum atomic E-state index is -0.783. The molecule has 0 atom stereocenters. The molecule has 0 fully saturated rings. The fourth-order valence-electron chi connectivity index (χ4n) is 5.67. The van der Waals surface area contributed by atoms with E-state index in [4.69, 9.17) is 69.2 Å². The number of ether oxygens (including phenoxy) is 6. The number of terminal acetylenes is 3. The number of nitriles is 4. The number of rotatable bonds is 13. The topological polar surface area (TPSA) is 290 Å². The maximum Gasteiger partial charge on any atom is 1.00 e. The van der Waals surface area contributed by atoms with Crippen molar-refractivity contribution < 1.29 is 69.0 Å². The Bertz CT molecular complexity index is 3040. The fraction of sp³-hybridized carbons (Fsp3) is 0.458. The zero-order chi connectivity index (χ0) is 61.9. The smallest absolute Gasteiger partial charge is 1.00 e. The van der Waals surface area contributed by atoms with Crippen LogP contribution in [0, 0.1) is 82.4 Å². The molecule has 20 nitrogen and oxygen atoms in total. The Morgan fingerprint density at radius 3 is 1.30 bits per heavy atom. The predicted octanol–water partition coefficient (Wildman–Crippen LogP) is 8.05. The SMILES string of the molecule is C#CCBr.C#CCN(C(=O)OC(C)(C)C)c1cnc(C(C)(C)C#N)cc1OC.C#CCNc1cnc(C(C)(C)C#N)cc1OC.COc1cc(C(C)(C)C#N)ncc1N.COc1cc(C(C)(C)C#N)ncc1NC(=O)OC(C)(C)C.[H-].[Na+]. The monoisotopic (exact) mass is 1180 g/mol. The second-order valence-electron chi connectivity index (χ2n) is 20.8. The Kier molecular flexibility index (Phi) is 31.8. The van der Waals surface area contributed by atoms with Gasteiger partial charge >= 0.3 is 41.7 Å². The van der Waals surface area contributed by atoms with Crippen molar-refractivity contribution in [3.05, 3.63) is 71.8 Å². The standard InChI is InChI=1S/C18H23N3O3.C15H21N3O3.C13H15N3O.C10H13N3O.C3H3Br.Na.H/c1-8-9-21(16(22)24-17(2,3)4)13-11-20-15(10-14(13)23-7)18(5,6)12-19;1-14(2,3)21-13(19)18-10-8-17-12(7-11(10)20-6)15(4,5)9-16;1-5-6-15-10-8-16-12(7-11(10)17-4)13(2,3)9-14;1-10(2,6-11)9-4-8(14-3)7(12)5-13-9;1-2-3-4;;/h1,10-11H,9H2,2-7H3;7-8H,1-6H3,(H,18,19);1,7-8,15H,6H2,2-4H3;4-5H,12H2,1-3H3;1H,3H2;;/q;;;;;+1;-1. The first-order valence-corrected chi connectivity index (χ1v) is 25.4. The number of methoxy groups -OCH3 is 4. The number of nitrogens with two attached hydrogens (primary N) is 1. The van der Waals surface area contributed by atoms with Crippen molar-refractivity contribution in [3.8, 4) is 84.3 Å². The first-order valence-electron chi connectivity index (χ1n) is 24.3. The van der Waals surface area contributed by atoms with Crippen LogP contribution >= 0.6 is 15.9 Å². The summed E-state index contributed by atoms with van der Waals surface area (Å²) >= 11 is 3.01. The van der Waals surface area contributed by atoms with Crippen LogP contribution in [-0.2, 0) is 31.1 Å². The summed E-state index contributed by atoms with van der Waals surface area (Å²) in [7, 11) is 6.07. The van der Waals surface area contributed by atoms with Crippen molar-refractivity contribution >= 4 is 50.9 Å². The molecule has 0 aromatic carbocycles. The van der Waals surface area contributed by atoms with Crippen LogP contribution in [0.3, 0.4) is 0 Å². The second kappa shape index (κ2) is 34.3. The first-order chi connectivity index (χ1) is 37.1. The van der Waals surface area contributed by atoms with Gasteiger partial charge in [-0.3, -0.25) is 30.2 Å². The van der Waals surface area contributed by atoms with E-state index in [0.29, 0.717) is 74.7 Å². The molecule has 4 aromatic rings. The van der Waals surface area contributed by atoms with E-state index in [2.05, 4.69) is 88.5 Å². The van der Waals surface area contributed by atoms with Crippen molar-refractivity contribution in [3.63, 3.8) is 0 Å². The number of anilines is 4. The summed E-state index contributed by atoms with van der Waals surface area (Å²) < 4.78 is 31.5. The average molecular weight is 1180 g/mol. The van der Waals surface area contributed by atoms with Crippen LogP contribution in [0.15, 0.2) is 49.1 Å². The van der Waals surface area contributed by atoms with Crippen LogP contribution < -0.4 is 69.8 Å². The summed E-state index contributed by atoms with van der Waals surface area (Å²) in [6.45, 7) is 25.3. The van der Waals surface area contributed by atoms with E-state index < -0.39 is 45.0 Å². The molecule has 428 valence electrons. The van der Waals surface area contributed by atoms with Crippen molar-refractivity contribution in [2.45, 2.75) is 130 Å². The Morgan fingerprint density at radius 2 is 0.938 bits per heavy atom. The van der Waals surface area contributed by atoms with Gasteiger partial charge in [0.1, 0.15) is 45.6 Å². The molecule has 0 bridgehead atoms. The normalized spacial score (nSPS) is 10.5. The number of alkyl halides is 1. The maximum atomic E-state index is 12.4. The summed E-state index contributed by atoms with van der Waals surface area (Å²) in [5.74, 6) is 9.26. The molecule has 81 heavy (non-hydrogen) atoms. The van der Waals surface area contributed by atoms with Crippen LogP contribution in [0.5, 0.6) is 23.0 Å². The Balaban J connectivity index is -0.000000999. The molecule has 4 heterocycles. The van der Waals surface area contributed by atoms with Gasteiger partial charge in [0.15, 0.2) is 0 Å². The Labute approximate surface area is 511 Å². The van der Waals surface area contributed by atoms with Crippen LogP contribution in [-0.4, -0.2) is 90.2 Å². The summed E-state index contributed by atoms with van der Waals surface area (Å²) in [6, 6.07) is 15.4. The Hall–Kier alpha value is -7.94. The van der Waals surface area contributed by atoms with Gasteiger partial charge in [0, 0.05) is 24.3 Å². The molecular weight excluding hydrogens is 1110 g/mol. The van der Waals surface area contributed by atoms with Crippen LogP contribution in [0.1, 0.15) is 121 Å². The molecule has 0 unspecified atom stereocenters. The number of nitrogens with one attached hydrogen (secondary N) is 2. The van der Waals surface area contributed by atoms with Crippen molar-refractivity contribution in [2.24, 2.45) is 0 Å². The summed E-state index contributed by atoms with van der Waals surface area (Å²) in [4.78, 5) is 42.3. The van der Waals surface area contributed by atoms with E-state index in [1.807, 2.05) is 13.8 Å². The number of amides is 2. The van der Waals surface area contributed by atoms with Gasteiger partial charge < -0.3 is 40.9 Å². The number of nitrogens with zero attached hydrogens (tertiary/aromatic N) is 9. The molecule has 22 heteroatoms. The number of hydrogen-bond acceptors (Lipinski definition) is 18. The van der Waals surface area contributed by atoms with Gasteiger partial charge in [0.25, 0.3) is 0 Å². The quantitative estimate of drug-likeness (QED) is 0.0648. The number of pyridine rings is 4. The maximum absolute atomic E-state index is 12.4. The van der Waals surface area contributed by atoms with Crippen LogP contribution in [0.2, 0.25) is 0 Å². The van der Waals surface area contributed by atoms with E-state index in [0.717, 1.165) is 5.69 Å². The summed E-state index contributed by atoms with van der Waals surface area (Å²) in [5, 5.41) is 42.6. The van der Waals surface area contributed by atoms with Gasteiger partial charge in [0.2, 0.25) is 0 Å². The third kappa shape index (κ3) is 25.4. The molecule has 2 amide bonds. The predicted molar refractivity (Wildman–Crippen MR) is 315 cm³/mol. The van der Waals surface area contributed by atoms with Crippen LogP contribution in [0.4, 0.5) is 32.3 Å². The minimum Gasteiger partial charge on any atom is -1.00 e. The number of carbonyl (C=O) groups is 2. The molecule has 4 N–H and O–H groups in total. The fourth-order valence-corrected chi connectivity index (χ4v) is 5.67. The summed E-state index contributed by atoms with van der Waals surface area (Å²) in [5.41, 5.74) is 6.00. The molecule has 4 aromatic heterocycles. The first kappa shape index (κ1) is 75.1. The molecule has 0 spiro atoms. The number of carbonyl (C=O) groups excluding carboxylic acids is 2. The number of nitrogen functional groups attached to an aromatic ring is 1. The molecule has 0 saturated heterocycles. The van der Waals surface area contributed by atoms with Gasteiger partial charge in [-0.05, 0) is 96.9 Å². The molecule has 4 rings (SSSR count). The van der Waals surface area contributed by atoms with E-state index in [1.165, 1.54) is 44.8 Å². The third-order valence-electron chi connectivity index (χ3n) is 10.3. The number of aromatic nitrogens is 4. The van der Waals surface area contributed by atoms with Crippen molar-refractivity contribution in [1.82, 2.24) is 19.9 Å². The van der Waals surface area contributed by atoms with E-state index in [1.54, 1.807) is 121 Å². The Morgan fingerprint density at radius 1 is 0.580 bits per heavy atom. The van der Waals surface area contributed by atoms with Crippen molar-refractivity contribution in [2.75, 3.05) is 68.1 Å². The summed E-state index contributed by atoms with van der Waals surface area (Å²) in [6.07, 6.45) is 20.2. The molecule has 0 aliphatic carbocycles. The number of hydrogen-bond donors (Lipinski definition) is 3. The third-order valence-corrected chi connectivity index (χ3v) is 10.6. The molecule has 0 saturated carbocycles. The largest absolute Gasteiger partial charge is 1.00 e. The zero-order valence-corrected chi connectivity index (χ0v) is 53.8. The van der Waals surface area contributed by atoms with E-state index >= 15 is 0 Å². The molecule has 0 aliphatic rings. The van der Waals surface area contributed by atoms with Crippen molar-refractivity contribution in [1.29, 1.82) is 21.0 Å². The van der Waals surface area contributed by atoms with Gasteiger partial charge in [0.05, 0.1) is 152 Å². The minimum absolute atomic E-state index is 0. The molecular formula is C59H76BrN12NaO8. The molecule has 0 radical (unpaired) electrons. The van der Waals surface area contributed by atoms with E-state index in [-0.39, 0.29) is 37.5 Å². The zero-order valence-electron chi connectivity index (χ0n) is 51.2. The van der Waals surface area contributed by atoms with Gasteiger partial charge in [-0.15, -0.1) is 19.3 Å². The van der Waals surface area contributed by atoms with Gasteiger partial charge in [-0.1, -0.05) is 33.7 Å². The average Bonchev–Trinajstić information content (AvgIpc) is 3.41.